The molecule has 2 saturated heterocycles. The van der Waals surface area contributed by atoms with Gasteiger partial charge in [-0.25, -0.2) is 9.78 Å². The average Bonchev–Trinajstić information content (AvgIpc) is 3.40. The minimum Gasteiger partial charge on any atom is -0.465 e. The summed E-state index contributed by atoms with van der Waals surface area (Å²) in [6.07, 6.45) is 6.98. The van der Waals surface area contributed by atoms with Gasteiger partial charge in [-0.2, -0.15) is 0 Å². The van der Waals surface area contributed by atoms with Gasteiger partial charge in [-0.15, -0.1) is 11.3 Å². The molecule has 7 nitrogen and oxygen atoms in total. The van der Waals surface area contributed by atoms with E-state index in [4.69, 9.17) is 4.74 Å². The average molecular weight is 439 g/mol. The molecule has 0 unspecified atom stereocenters. The van der Waals surface area contributed by atoms with Crippen molar-refractivity contribution < 1.29 is 14.3 Å². The molecule has 3 aromatic rings. The van der Waals surface area contributed by atoms with Crippen molar-refractivity contribution in [2.45, 2.75) is 31.8 Å². The highest BCUT2D eigenvalue weighted by Gasteiger charge is 2.38. The van der Waals surface area contributed by atoms with Crippen molar-refractivity contribution >= 4 is 28.2 Å². The number of ether oxygens (including phenoxy) is 1. The van der Waals surface area contributed by atoms with Crippen LogP contribution >= 0.6 is 11.3 Å². The van der Waals surface area contributed by atoms with Gasteiger partial charge in [0.2, 0.25) is 0 Å². The van der Waals surface area contributed by atoms with Gasteiger partial charge in [-0.1, -0.05) is 12.1 Å². The second-order valence-corrected chi connectivity index (χ2v) is 9.27. The minimum atomic E-state index is -0.308. The number of carbonyl (C=O) groups is 2. The first-order valence-corrected chi connectivity index (χ1v) is 11.6. The van der Waals surface area contributed by atoms with Gasteiger partial charge in [0.25, 0.3) is 5.91 Å². The van der Waals surface area contributed by atoms with Crippen LogP contribution in [0.1, 0.15) is 45.7 Å². The number of piperidine rings is 2. The normalized spacial score (nSPS) is 21.8. The summed E-state index contributed by atoms with van der Waals surface area (Å²) in [4.78, 5) is 34.8. The Morgan fingerprint density at radius 1 is 1.19 bits per heavy atom. The van der Waals surface area contributed by atoms with E-state index in [0.29, 0.717) is 23.2 Å². The fourth-order valence-corrected chi connectivity index (χ4v) is 5.67. The van der Waals surface area contributed by atoms with Crippen LogP contribution in [0.3, 0.4) is 0 Å². The zero-order valence-electron chi connectivity index (χ0n) is 17.6. The first-order chi connectivity index (χ1) is 15.1. The highest BCUT2D eigenvalue weighted by Crippen LogP contribution is 2.32. The van der Waals surface area contributed by atoms with E-state index in [2.05, 4.69) is 14.8 Å². The maximum Gasteiger partial charge on any atom is 0.337 e. The number of methoxy groups -OCH3 is 1. The first-order valence-electron chi connectivity index (χ1n) is 10.7. The number of likely N-dealkylation sites (tertiary alicyclic amines) is 2. The van der Waals surface area contributed by atoms with Gasteiger partial charge in [-0.05, 0) is 42.9 Å². The first kappa shape index (κ1) is 20.2. The predicted molar refractivity (Wildman–Crippen MR) is 118 cm³/mol. The van der Waals surface area contributed by atoms with Crippen LogP contribution in [0.15, 0.2) is 42.0 Å². The van der Waals surface area contributed by atoms with Gasteiger partial charge in [0.1, 0.15) is 5.69 Å². The Morgan fingerprint density at radius 3 is 2.81 bits per heavy atom. The number of amides is 1. The van der Waals surface area contributed by atoms with Crippen molar-refractivity contribution in [3.05, 3.63) is 58.9 Å². The van der Waals surface area contributed by atoms with Crippen molar-refractivity contribution in [1.29, 1.82) is 0 Å². The molecule has 4 heterocycles. The van der Waals surface area contributed by atoms with Crippen molar-refractivity contribution in [2.75, 3.05) is 26.7 Å². The number of carbonyl (C=O) groups excluding carboxylic acids is 2. The summed E-state index contributed by atoms with van der Waals surface area (Å²) < 4.78 is 6.70. The standard InChI is InChI=1S/C23H26N4O3S/c1-30-22(29)17-6-4-16(5-7-17)13-25-10-8-20-18(14-25)3-2-9-27(20)21(28)19-15-26-11-12-31-23(26)24-19/h4-7,11-12,15,18,20H,2-3,8-10,13-14H2,1H3/t18-,20+/m1/s1. The maximum atomic E-state index is 13.2. The van der Waals surface area contributed by atoms with Crippen LogP contribution < -0.4 is 0 Å². The zero-order chi connectivity index (χ0) is 21.4. The minimum absolute atomic E-state index is 0.0671. The zero-order valence-corrected chi connectivity index (χ0v) is 18.4. The number of esters is 1. The molecule has 0 bridgehead atoms. The van der Waals surface area contributed by atoms with Crippen molar-refractivity contribution in [1.82, 2.24) is 19.2 Å². The molecule has 2 aromatic heterocycles. The molecule has 2 atom stereocenters. The molecule has 0 N–H and O–H groups in total. The van der Waals surface area contributed by atoms with Crippen LogP contribution in [-0.4, -0.2) is 63.8 Å². The lowest BCUT2D eigenvalue weighted by Crippen LogP contribution is -2.55. The van der Waals surface area contributed by atoms with Crippen LogP contribution in [0.5, 0.6) is 0 Å². The fourth-order valence-electron chi connectivity index (χ4n) is 4.97. The molecule has 1 aromatic carbocycles. The van der Waals surface area contributed by atoms with Crippen molar-refractivity contribution in [3.63, 3.8) is 0 Å². The molecule has 2 fully saturated rings. The Hall–Kier alpha value is -2.71. The molecule has 162 valence electrons. The third-order valence-electron chi connectivity index (χ3n) is 6.51. The van der Waals surface area contributed by atoms with Crippen LogP contribution in [0.25, 0.3) is 4.96 Å². The maximum absolute atomic E-state index is 13.2. The lowest BCUT2D eigenvalue weighted by Gasteiger charge is -2.47. The number of rotatable bonds is 4. The highest BCUT2D eigenvalue weighted by atomic mass is 32.1. The van der Waals surface area contributed by atoms with E-state index < -0.39 is 0 Å². The Labute approximate surface area is 185 Å². The highest BCUT2D eigenvalue weighted by molar-refractivity contribution is 7.15. The largest absolute Gasteiger partial charge is 0.465 e. The van der Waals surface area contributed by atoms with Gasteiger partial charge in [0.15, 0.2) is 4.96 Å². The number of nitrogens with zero attached hydrogens (tertiary/aromatic N) is 4. The summed E-state index contributed by atoms with van der Waals surface area (Å²) in [5.74, 6) is 0.249. The van der Waals surface area contributed by atoms with Crippen LogP contribution in [-0.2, 0) is 11.3 Å². The molecular formula is C23H26N4O3S. The third kappa shape index (κ3) is 3.97. The van der Waals surface area contributed by atoms with Crippen LogP contribution in [0.4, 0.5) is 0 Å². The summed E-state index contributed by atoms with van der Waals surface area (Å²) in [7, 11) is 1.40. The van der Waals surface area contributed by atoms with Crippen LogP contribution in [0, 0.1) is 5.92 Å². The van der Waals surface area contributed by atoms with Gasteiger partial charge < -0.3 is 9.64 Å². The molecule has 2 aliphatic heterocycles. The monoisotopic (exact) mass is 438 g/mol. The number of imidazole rings is 1. The van der Waals surface area contributed by atoms with Crippen molar-refractivity contribution in [2.24, 2.45) is 5.92 Å². The lowest BCUT2D eigenvalue weighted by atomic mass is 9.83. The SMILES string of the molecule is COC(=O)c1ccc(CN2CC[C@H]3[C@H](CCCN3C(=O)c3cn4ccsc4n3)C2)cc1. The van der Waals surface area contributed by atoms with Gasteiger partial charge in [0, 0.05) is 50.0 Å². The van der Waals surface area contributed by atoms with E-state index in [1.165, 1.54) is 12.7 Å². The second-order valence-electron chi connectivity index (χ2n) is 8.40. The van der Waals surface area contributed by atoms with Crippen LogP contribution in [0.2, 0.25) is 0 Å². The molecule has 0 aliphatic carbocycles. The van der Waals surface area contributed by atoms with E-state index >= 15 is 0 Å². The van der Waals surface area contributed by atoms with Gasteiger partial charge in [-0.3, -0.25) is 14.1 Å². The third-order valence-corrected chi connectivity index (χ3v) is 7.28. The van der Waals surface area contributed by atoms with E-state index in [9.17, 15) is 9.59 Å². The Balaban J connectivity index is 1.24. The number of aromatic nitrogens is 2. The number of thiazole rings is 1. The van der Waals surface area contributed by atoms with Crippen molar-refractivity contribution in [3.8, 4) is 0 Å². The van der Waals surface area contributed by atoms with E-state index in [-0.39, 0.29) is 11.9 Å². The number of fused-ring (bicyclic) bond motifs is 2. The molecule has 31 heavy (non-hydrogen) atoms. The fraction of sp³-hybridized carbons (Fsp3) is 0.435. The molecule has 5 rings (SSSR count). The molecule has 1 amide bonds. The van der Waals surface area contributed by atoms with E-state index in [1.807, 2.05) is 46.4 Å². The summed E-state index contributed by atoms with van der Waals surface area (Å²) in [6, 6.07) is 7.94. The molecule has 8 heteroatoms. The topological polar surface area (TPSA) is 67.2 Å². The molecule has 0 radical (unpaired) electrons. The van der Waals surface area contributed by atoms with E-state index in [0.717, 1.165) is 50.4 Å². The second kappa shape index (κ2) is 8.43. The number of hydrogen-bond donors (Lipinski definition) is 0. The predicted octanol–water partition coefficient (Wildman–Crippen LogP) is 3.31. The quantitative estimate of drug-likeness (QED) is 0.585. The Bertz CT molecular complexity index is 1060. The number of hydrogen-bond acceptors (Lipinski definition) is 6. The van der Waals surface area contributed by atoms with Gasteiger partial charge in [0.05, 0.1) is 12.7 Å². The lowest BCUT2D eigenvalue weighted by molar-refractivity contribution is 0.0180. The summed E-state index contributed by atoms with van der Waals surface area (Å²) >= 11 is 1.55. The molecule has 2 aliphatic rings. The summed E-state index contributed by atoms with van der Waals surface area (Å²) in [6.45, 7) is 3.63. The Morgan fingerprint density at radius 2 is 2.03 bits per heavy atom. The molecule has 0 spiro atoms. The summed E-state index contributed by atoms with van der Waals surface area (Å²) in [5.41, 5.74) is 2.32. The Kier molecular flexibility index (Phi) is 5.50. The molecular weight excluding hydrogens is 412 g/mol. The number of benzene rings is 1. The smallest absolute Gasteiger partial charge is 0.337 e. The summed E-state index contributed by atoms with van der Waals surface area (Å²) in [5, 5.41) is 1.98. The van der Waals surface area contributed by atoms with E-state index in [1.54, 1.807) is 11.3 Å². The molecule has 0 saturated carbocycles. The van der Waals surface area contributed by atoms with Gasteiger partial charge >= 0.3 is 5.97 Å².